The zero-order chi connectivity index (χ0) is 26.3. The van der Waals surface area contributed by atoms with Crippen LogP contribution in [0, 0.1) is 0 Å². The third-order valence-corrected chi connectivity index (χ3v) is 7.31. The number of amides is 1. The number of benzene rings is 2. The molecule has 3 aromatic rings. The lowest BCUT2D eigenvalue weighted by Crippen LogP contribution is -2.42. The quantitative estimate of drug-likeness (QED) is 0.519. The van der Waals surface area contributed by atoms with Gasteiger partial charge in [-0.1, -0.05) is 30.3 Å². The number of aryl methyl sites for hydroxylation is 1. The molecule has 0 unspecified atom stereocenters. The first-order valence-electron chi connectivity index (χ1n) is 12.3. The second-order valence-electron chi connectivity index (χ2n) is 9.79. The first kappa shape index (κ1) is 25.1. The summed E-state index contributed by atoms with van der Waals surface area (Å²) >= 11 is 0. The number of alkyl halides is 2. The average Bonchev–Trinajstić information content (AvgIpc) is 3.25. The van der Waals surface area contributed by atoms with Gasteiger partial charge in [0.25, 0.3) is 5.92 Å². The van der Waals surface area contributed by atoms with Crippen molar-refractivity contribution >= 4 is 28.8 Å². The lowest BCUT2D eigenvalue weighted by molar-refractivity contribution is -0.139. The molecule has 3 atom stereocenters. The van der Waals surface area contributed by atoms with Crippen LogP contribution in [0.3, 0.4) is 0 Å². The predicted octanol–water partition coefficient (Wildman–Crippen LogP) is 4.95. The van der Waals surface area contributed by atoms with Gasteiger partial charge in [0.1, 0.15) is 12.4 Å². The summed E-state index contributed by atoms with van der Waals surface area (Å²) in [4.78, 5) is 31.3. The number of carbonyl (C=O) groups is 2. The Morgan fingerprint density at radius 1 is 1.24 bits per heavy atom. The fourth-order valence-corrected chi connectivity index (χ4v) is 5.56. The van der Waals surface area contributed by atoms with Crippen molar-refractivity contribution in [2.24, 2.45) is 0 Å². The monoisotopic (exact) mass is 513 g/mol. The minimum Gasteiger partial charge on any atom is -0.481 e. The van der Waals surface area contributed by atoms with E-state index in [0.717, 1.165) is 5.56 Å². The maximum atomic E-state index is 14.4. The fraction of sp³-hybridized carbons (Fsp3) is 0.444. The number of anilines is 1. The Labute approximate surface area is 212 Å². The van der Waals surface area contributed by atoms with E-state index in [1.165, 1.54) is 7.11 Å². The van der Waals surface area contributed by atoms with Gasteiger partial charge in [-0.05, 0) is 37.5 Å². The van der Waals surface area contributed by atoms with Crippen LogP contribution in [0.5, 0.6) is 0 Å². The molecule has 37 heavy (non-hydrogen) atoms. The normalized spacial score (nSPS) is 21.9. The first-order chi connectivity index (χ1) is 17.7. The summed E-state index contributed by atoms with van der Waals surface area (Å²) < 4.78 is 40.8. The Balaban J connectivity index is 1.67. The number of ether oxygens (including phenoxy) is 2. The van der Waals surface area contributed by atoms with Gasteiger partial charge in [0.05, 0.1) is 42.4 Å². The van der Waals surface area contributed by atoms with Crippen molar-refractivity contribution in [3.05, 3.63) is 59.4 Å². The van der Waals surface area contributed by atoms with Crippen molar-refractivity contribution in [2.45, 2.75) is 56.5 Å². The van der Waals surface area contributed by atoms with Crippen LogP contribution in [-0.2, 0) is 27.1 Å². The molecule has 2 aliphatic heterocycles. The minimum atomic E-state index is -3.01. The summed E-state index contributed by atoms with van der Waals surface area (Å²) in [6.45, 7) is 1.36. The molecule has 3 heterocycles. The number of methoxy groups -OCH3 is 1. The molecule has 10 heteroatoms. The molecular formula is C27H29F2N3O5. The fourth-order valence-electron chi connectivity index (χ4n) is 5.56. The van der Waals surface area contributed by atoms with E-state index in [1.54, 1.807) is 51.9 Å². The molecule has 0 saturated carbocycles. The maximum Gasteiger partial charge on any atom is 0.414 e. The highest BCUT2D eigenvalue weighted by Crippen LogP contribution is 2.40. The van der Waals surface area contributed by atoms with Gasteiger partial charge in [0, 0.05) is 24.4 Å². The highest BCUT2D eigenvalue weighted by atomic mass is 19.3. The number of nitrogens with zero attached hydrogens (tertiary/aromatic N) is 3. The number of aliphatic carboxylic acids is 1. The molecule has 0 radical (unpaired) electrons. The lowest BCUT2D eigenvalue weighted by Gasteiger charge is -2.34. The van der Waals surface area contributed by atoms with Crippen LogP contribution in [0.4, 0.5) is 19.3 Å². The molecule has 2 aromatic carbocycles. The van der Waals surface area contributed by atoms with Gasteiger partial charge in [-0.2, -0.15) is 0 Å². The average molecular weight is 514 g/mol. The van der Waals surface area contributed by atoms with Crippen molar-refractivity contribution in [3.63, 3.8) is 0 Å². The smallest absolute Gasteiger partial charge is 0.414 e. The number of fused-ring (bicyclic) bond motifs is 3. The number of aromatic nitrogens is 2. The Morgan fingerprint density at radius 2 is 2.00 bits per heavy atom. The highest BCUT2D eigenvalue weighted by Gasteiger charge is 2.40. The van der Waals surface area contributed by atoms with Gasteiger partial charge in [-0.25, -0.2) is 18.6 Å². The molecule has 196 valence electrons. The third kappa shape index (κ3) is 4.66. The molecule has 0 aliphatic carbocycles. The van der Waals surface area contributed by atoms with E-state index in [9.17, 15) is 23.5 Å². The SMILES string of the molecule is COC(=O)N1c2ccc3c(nc(C[C@H](C(=O)O)c4ccccc4)n3[C@H]3COCC(F)(F)C3)c2CC[C@@H]1C. The van der Waals surface area contributed by atoms with Crippen LogP contribution >= 0.6 is 0 Å². The molecule has 0 bridgehead atoms. The topological polar surface area (TPSA) is 93.9 Å². The zero-order valence-corrected chi connectivity index (χ0v) is 20.7. The van der Waals surface area contributed by atoms with E-state index in [2.05, 4.69) is 0 Å². The Morgan fingerprint density at radius 3 is 2.68 bits per heavy atom. The standard InChI is InChI=1S/C27H29F2N3O5/c1-16-8-9-19-21(31(16)26(35)36-2)10-11-22-24(19)30-23(32(22)18-13-27(28,29)15-37-14-18)12-20(25(33)34)17-6-4-3-5-7-17/h3-7,10-11,16,18,20H,8-9,12-15H2,1-2H3,(H,33,34)/t16-,18+,20-/m0/s1. The molecule has 5 rings (SSSR count). The van der Waals surface area contributed by atoms with E-state index in [1.807, 2.05) is 6.92 Å². The molecule has 0 spiro atoms. The lowest BCUT2D eigenvalue weighted by atomic mass is 9.95. The van der Waals surface area contributed by atoms with Crippen LogP contribution in [0.1, 0.15) is 48.7 Å². The number of carboxylic acid groups (broad SMARTS) is 1. The number of carboxylic acids is 1. The van der Waals surface area contributed by atoms with Gasteiger partial charge in [-0.15, -0.1) is 0 Å². The summed E-state index contributed by atoms with van der Waals surface area (Å²) in [7, 11) is 1.33. The zero-order valence-electron chi connectivity index (χ0n) is 20.7. The molecule has 1 saturated heterocycles. The molecule has 1 amide bonds. The van der Waals surface area contributed by atoms with E-state index < -0.39 is 43.0 Å². The number of imidazole rings is 1. The summed E-state index contributed by atoms with van der Waals surface area (Å²) in [6.07, 6.45) is 0.410. The van der Waals surface area contributed by atoms with E-state index in [4.69, 9.17) is 14.5 Å². The van der Waals surface area contributed by atoms with Crippen molar-refractivity contribution in [1.82, 2.24) is 9.55 Å². The maximum absolute atomic E-state index is 14.4. The van der Waals surface area contributed by atoms with Crippen LogP contribution in [-0.4, -0.2) is 59.0 Å². The van der Waals surface area contributed by atoms with Crippen LogP contribution in [0.25, 0.3) is 11.0 Å². The van der Waals surface area contributed by atoms with Crippen molar-refractivity contribution in [3.8, 4) is 0 Å². The summed E-state index contributed by atoms with van der Waals surface area (Å²) in [5.74, 6) is -4.55. The third-order valence-electron chi connectivity index (χ3n) is 7.31. The van der Waals surface area contributed by atoms with Gasteiger partial charge in [0.15, 0.2) is 0 Å². The Hall–Kier alpha value is -3.53. The van der Waals surface area contributed by atoms with Crippen molar-refractivity contribution < 1.29 is 33.0 Å². The Kier molecular flexibility index (Phi) is 6.61. The summed E-state index contributed by atoms with van der Waals surface area (Å²) in [6, 6.07) is 11.6. The number of carbonyl (C=O) groups excluding carboxylic acids is 1. The number of hydrogen-bond donors (Lipinski definition) is 1. The second kappa shape index (κ2) is 9.74. The van der Waals surface area contributed by atoms with E-state index in [0.29, 0.717) is 41.0 Å². The number of hydrogen-bond acceptors (Lipinski definition) is 5. The largest absolute Gasteiger partial charge is 0.481 e. The van der Waals surface area contributed by atoms with E-state index >= 15 is 0 Å². The van der Waals surface area contributed by atoms with Gasteiger partial charge in [-0.3, -0.25) is 9.69 Å². The van der Waals surface area contributed by atoms with Crippen molar-refractivity contribution in [1.29, 1.82) is 0 Å². The number of halogens is 2. The van der Waals surface area contributed by atoms with Crippen LogP contribution in [0.2, 0.25) is 0 Å². The van der Waals surface area contributed by atoms with Gasteiger partial charge >= 0.3 is 12.1 Å². The molecule has 1 aromatic heterocycles. The molecule has 2 aliphatic rings. The van der Waals surface area contributed by atoms with Crippen LogP contribution < -0.4 is 4.90 Å². The minimum absolute atomic E-state index is 0.0159. The molecule has 1 N–H and O–H groups in total. The summed E-state index contributed by atoms with van der Waals surface area (Å²) in [5.41, 5.74) is 3.29. The molecule has 1 fully saturated rings. The molecule has 8 nitrogen and oxygen atoms in total. The second-order valence-corrected chi connectivity index (χ2v) is 9.79. The Bertz CT molecular complexity index is 1330. The van der Waals surface area contributed by atoms with Gasteiger partial charge in [0.2, 0.25) is 0 Å². The van der Waals surface area contributed by atoms with E-state index in [-0.39, 0.29) is 19.1 Å². The summed E-state index contributed by atoms with van der Waals surface area (Å²) in [5, 5.41) is 10.1. The highest BCUT2D eigenvalue weighted by molar-refractivity contribution is 5.95. The predicted molar refractivity (Wildman–Crippen MR) is 132 cm³/mol. The number of rotatable bonds is 5. The van der Waals surface area contributed by atoms with Gasteiger partial charge < -0.3 is 19.1 Å². The molecular weight excluding hydrogens is 484 g/mol. The van der Waals surface area contributed by atoms with Crippen LogP contribution in [0.15, 0.2) is 42.5 Å². The first-order valence-corrected chi connectivity index (χ1v) is 12.3. The van der Waals surface area contributed by atoms with Crippen molar-refractivity contribution in [2.75, 3.05) is 25.2 Å².